The summed E-state index contributed by atoms with van der Waals surface area (Å²) in [6, 6.07) is 14.1. The van der Waals surface area contributed by atoms with Crippen molar-refractivity contribution in [3.63, 3.8) is 0 Å². The van der Waals surface area contributed by atoms with Gasteiger partial charge in [-0.1, -0.05) is 36.4 Å². The molecule has 144 valence electrons. The first-order valence-corrected chi connectivity index (χ1v) is 9.07. The Morgan fingerprint density at radius 1 is 0.964 bits per heavy atom. The summed E-state index contributed by atoms with van der Waals surface area (Å²) in [6.07, 6.45) is 5.78. The van der Waals surface area contributed by atoms with E-state index in [4.69, 9.17) is 4.74 Å². The molecule has 28 heavy (non-hydrogen) atoms. The van der Waals surface area contributed by atoms with E-state index in [1.165, 1.54) is 37.4 Å². The van der Waals surface area contributed by atoms with Crippen LogP contribution in [-0.4, -0.2) is 7.11 Å². The maximum absolute atomic E-state index is 14.9. The first-order valence-electron chi connectivity index (χ1n) is 9.07. The van der Waals surface area contributed by atoms with Gasteiger partial charge in [-0.05, 0) is 61.0 Å². The molecular formula is C24H21F3O. The van der Waals surface area contributed by atoms with Gasteiger partial charge in [0.15, 0.2) is 11.7 Å². The highest BCUT2D eigenvalue weighted by molar-refractivity contribution is 5.91. The SMILES string of the molecule is C/C=C/CCc1ccc2c(F)c(C(F)=C(F)c3ccc(OC)cc3)ccc2c1. The molecule has 0 N–H and O–H groups in total. The lowest BCUT2D eigenvalue weighted by molar-refractivity contribution is 0.414. The van der Waals surface area contributed by atoms with Gasteiger partial charge in [-0.15, -0.1) is 0 Å². The minimum atomic E-state index is -1.22. The molecule has 0 aromatic heterocycles. The number of fused-ring (bicyclic) bond motifs is 1. The van der Waals surface area contributed by atoms with Crippen LogP contribution in [0.4, 0.5) is 13.2 Å². The largest absolute Gasteiger partial charge is 0.497 e. The topological polar surface area (TPSA) is 9.23 Å². The van der Waals surface area contributed by atoms with E-state index in [1.807, 2.05) is 25.1 Å². The van der Waals surface area contributed by atoms with Gasteiger partial charge in [0.1, 0.15) is 11.6 Å². The van der Waals surface area contributed by atoms with Crippen LogP contribution in [0.25, 0.3) is 22.4 Å². The van der Waals surface area contributed by atoms with Crippen molar-refractivity contribution in [3.05, 3.63) is 89.3 Å². The third kappa shape index (κ3) is 4.11. The average Bonchev–Trinajstić information content (AvgIpc) is 2.73. The van der Waals surface area contributed by atoms with E-state index in [0.29, 0.717) is 11.1 Å². The number of ether oxygens (including phenoxy) is 1. The molecule has 4 heteroatoms. The van der Waals surface area contributed by atoms with E-state index in [1.54, 1.807) is 12.1 Å². The Morgan fingerprint density at radius 3 is 2.39 bits per heavy atom. The second kappa shape index (κ2) is 8.79. The minimum absolute atomic E-state index is 0.0251. The molecular weight excluding hydrogens is 361 g/mol. The highest BCUT2D eigenvalue weighted by atomic mass is 19.2. The zero-order chi connectivity index (χ0) is 20.1. The van der Waals surface area contributed by atoms with Gasteiger partial charge in [0, 0.05) is 16.5 Å². The summed E-state index contributed by atoms with van der Waals surface area (Å²) in [4.78, 5) is 0. The number of aryl methyl sites for hydroxylation is 1. The molecule has 0 fully saturated rings. The lowest BCUT2D eigenvalue weighted by Crippen LogP contribution is -1.92. The smallest absolute Gasteiger partial charge is 0.169 e. The number of rotatable bonds is 6. The van der Waals surface area contributed by atoms with E-state index in [-0.39, 0.29) is 16.5 Å². The van der Waals surface area contributed by atoms with Crippen molar-refractivity contribution in [2.45, 2.75) is 19.8 Å². The van der Waals surface area contributed by atoms with Crippen LogP contribution < -0.4 is 4.74 Å². The monoisotopic (exact) mass is 382 g/mol. The van der Waals surface area contributed by atoms with Crippen LogP contribution in [-0.2, 0) is 6.42 Å². The molecule has 0 saturated heterocycles. The molecule has 0 bridgehead atoms. The zero-order valence-electron chi connectivity index (χ0n) is 15.8. The lowest BCUT2D eigenvalue weighted by atomic mass is 10.00. The molecule has 0 radical (unpaired) electrons. The Morgan fingerprint density at radius 2 is 1.71 bits per heavy atom. The number of benzene rings is 3. The van der Waals surface area contributed by atoms with Gasteiger partial charge in [0.25, 0.3) is 0 Å². The number of allylic oxidation sites excluding steroid dienone is 2. The Balaban J connectivity index is 1.97. The fourth-order valence-corrected chi connectivity index (χ4v) is 3.07. The molecule has 0 unspecified atom stereocenters. The second-order valence-electron chi connectivity index (χ2n) is 6.45. The predicted molar refractivity (Wildman–Crippen MR) is 109 cm³/mol. The van der Waals surface area contributed by atoms with E-state index in [2.05, 4.69) is 6.08 Å². The average molecular weight is 382 g/mol. The van der Waals surface area contributed by atoms with Crippen molar-refractivity contribution in [2.75, 3.05) is 7.11 Å². The van der Waals surface area contributed by atoms with Gasteiger partial charge < -0.3 is 4.74 Å². The molecule has 0 heterocycles. The Hall–Kier alpha value is -3.01. The summed E-state index contributed by atoms with van der Waals surface area (Å²) < 4.78 is 49.1. The second-order valence-corrected chi connectivity index (χ2v) is 6.45. The zero-order valence-corrected chi connectivity index (χ0v) is 15.8. The first kappa shape index (κ1) is 19.7. The van der Waals surface area contributed by atoms with Crippen molar-refractivity contribution in [2.24, 2.45) is 0 Å². The normalized spacial score (nSPS) is 12.5. The molecule has 3 aromatic carbocycles. The molecule has 0 aliphatic rings. The summed E-state index contributed by atoms with van der Waals surface area (Å²) in [7, 11) is 1.48. The van der Waals surface area contributed by atoms with Crippen LogP contribution in [0.3, 0.4) is 0 Å². The van der Waals surface area contributed by atoms with Crippen molar-refractivity contribution in [1.82, 2.24) is 0 Å². The fourth-order valence-electron chi connectivity index (χ4n) is 3.07. The molecule has 0 saturated carbocycles. The summed E-state index contributed by atoms with van der Waals surface area (Å²) in [6.45, 7) is 1.96. The van der Waals surface area contributed by atoms with Gasteiger partial charge in [-0.2, -0.15) is 0 Å². The van der Waals surface area contributed by atoms with Crippen molar-refractivity contribution in [1.29, 1.82) is 0 Å². The molecule has 0 spiro atoms. The molecule has 3 rings (SSSR count). The summed E-state index contributed by atoms with van der Waals surface area (Å²) in [5.41, 5.74) is 0.706. The predicted octanol–water partition coefficient (Wildman–Crippen LogP) is 7.26. The number of hydrogen-bond donors (Lipinski definition) is 0. The maximum atomic E-state index is 14.9. The standard InChI is InChI=1S/C24H21F3O/c1-3-4-5-6-16-7-13-20-18(15-16)10-14-21(23(20)26)24(27)22(25)17-8-11-19(28-2)12-9-17/h3-4,7-15H,5-6H2,1-2H3/b4-3+,24-22?. The van der Waals surface area contributed by atoms with Crippen molar-refractivity contribution in [3.8, 4) is 5.75 Å². The molecule has 0 aliphatic carbocycles. The van der Waals surface area contributed by atoms with Crippen LogP contribution in [0.15, 0.2) is 66.7 Å². The Bertz CT molecular complexity index is 1030. The minimum Gasteiger partial charge on any atom is -0.497 e. The Kier molecular flexibility index (Phi) is 6.19. The number of methoxy groups -OCH3 is 1. The molecule has 0 amide bonds. The Labute approximate surface area is 162 Å². The lowest BCUT2D eigenvalue weighted by Gasteiger charge is -2.08. The third-order valence-electron chi connectivity index (χ3n) is 4.63. The van der Waals surface area contributed by atoms with E-state index in [9.17, 15) is 13.2 Å². The highest BCUT2D eigenvalue weighted by Gasteiger charge is 2.17. The van der Waals surface area contributed by atoms with Crippen LogP contribution in [0.2, 0.25) is 0 Å². The summed E-state index contributed by atoms with van der Waals surface area (Å²) in [5, 5.41) is 0.932. The molecule has 0 aliphatic heterocycles. The van der Waals surface area contributed by atoms with Gasteiger partial charge in [-0.3, -0.25) is 0 Å². The van der Waals surface area contributed by atoms with Gasteiger partial charge in [-0.25, -0.2) is 13.2 Å². The van der Waals surface area contributed by atoms with E-state index < -0.39 is 17.5 Å². The summed E-state index contributed by atoms with van der Waals surface area (Å²) >= 11 is 0. The fraction of sp³-hybridized carbons (Fsp3) is 0.167. The van der Waals surface area contributed by atoms with Crippen molar-refractivity contribution < 1.29 is 17.9 Å². The van der Waals surface area contributed by atoms with Crippen LogP contribution in [0.1, 0.15) is 30.0 Å². The molecule has 1 nitrogen and oxygen atoms in total. The number of hydrogen-bond acceptors (Lipinski definition) is 1. The van der Waals surface area contributed by atoms with Crippen LogP contribution >= 0.6 is 0 Å². The van der Waals surface area contributed by atoms with Crippen molar-refractivity contribution >= 4 is 22.4 Å². The summed E-state index contributed by atoms with van der Waals surface area (Å²) in [5.74, 6) is -2.57. The van der Waals surface area contributed by atoms with Gasteiger partial charge >= 0.3 is 0 Å². The van der Waals surface area contributed by atoms with Crippen LogP contribution in [0.5, 0.6) is 5.75 Å². The third-order valence-corrected chi connectivity index (χ3v) is 4.63. The quantitative estimate of drug-likeness (QED) is 0.322. The van der Waals surface area contributed by atoms with Crippen LogP contribution in [0, 0.1) is 5.82 Å². The first-order chi connectivity index (χ1) is 13.5. The number of halogens is 3. The van der Waals surface area contributed by atoms with E-state index in [0.717, 1.165) is 18.4 Å². The van der Waals surface area contributed by atoms with Gasteiger partial charge in [0.05, 0.1) is 7.11 Å². The highest BCUT2D eigenvalue weighted by Crippen LogP contribution is 2.33. The van der Waals surface area contributed by atoms with E-state index >= 15 is 0 Å². The maximum Gasteiger partial charge on any atom is 0.169 e. The van der Waals surface area contributed by atoms with Gasteiger partial charge in [0.2, 0.25) is 0 Å². The molecule has 3 aromatic rings. The molecule has 0 atom stereocenters.